The number of hydrogen-bond donors (Lipinski definition) is 1. The first kappa shape index (κ1) is 19.3. The van der Waals surface area contributed by atoms with Crippen molar-refractivity contribution in [1.82, 2.24) is 0 Å². The van der Waals surface area contributed by atoms with E-state index in [2.05, 4.69) is 5.32 Å². The molecule has 0 bridgehead atoms. The summed E-state index contributed by atoms with van der Waals surface area (Å²) in [6.07, 6.45) is 0. The summed E-state index contributed by atoms with van der Waals surface area (Å²) in [5.74, 6) is 0.733. The van der Waals surface area contributed by atoms with Gasteiger partial charge in [0.25, 0.3) is 0 Å². The van der Waals surface area contributed by atoms with E-state index in [1.165, 1.54) is 14.0 Å². The Hall–Kier alpha value is -3.48. The van der Waals surface area contributed by atoms with Gasteiger partial charge in [-0.2, -0.15) is 0 Å². The molecule has 28 heavy (non-hydrogen) atoms. The first-order valence-electron chi connectivity index (χ1n) is 8.72. The molecule has 0 unspecified atom stereocenters. The van der Waals surface area contributed by atoms with Crippen LogP contribution in [0.25, 0.3) is 22.3 Å². The number of rotatable bonds is 6. The average Bonchev–Trinajstić information content (AvgIpc) is 3.05. The number of carbonyl (C=O) groups is 2. The number of ether oxygens (including phenoxy) is 3. The van der Waals surface area contributed by atoms with Gasteiger partial charge in [-0.05, 0) is 31.2 Å². The van der Waals surface area contributed by atoms with Crippen LogP contribution in [0.15, 0.2) is 40.8 Å². The van der Waals surface area contributed by atoms with Gasteiger partial charge in [0, 0.05) is 30.1 Å². The maximum Gasteiger partial charge on any atom is 0.342 e. The molecule has 146 valence electrons. The van der Waals surface area contributed by atoms with Crippen molar-refractivity contribution in [3.63, 3.8) is 0 Å². The number of hydrogen-bond acceptors (Lipinski definition) is 6. The van der Waals surface area contributed by atoms with Gasteiger partial charge in [0.15, 0.2) is 5.76 Å². The molecule has 0 saturated carbocycles. The molecule has 1 N–H and O–H groups in total. The number of methoxy groups -OCH3 is 2. The second-order valence-electron chi connectivity index (χ2n) is 5.98. The molecule has 0 atom stereocenters. The van der Waals surface area contributed by atoms with Gasteiger partial charge >= 0.3 is 5.97 Å². The van der Waals surface area contributed by atoms with Crippen LogP contribution in [0.4, 0.5) is 5.69 Å². The van der Waals surface area contributed by atoms with E-state index in [1.807, 2.05) is 0 Å². The molecule has 0 spiro atoms. The lowest BCUT2D eigenvalue weighted by Crippen LogP contribution is -2.06. The first-order chi connectivity index (χ1) is 13.5. The molecule has 3 aromatic rings. The minimum atomic E-state index is -0.499. The third kappa shape index (κ3) is 3.64. The minimum Gasteiger partial charge on any atom is -0.497 e. The average molecular weight is 383 g/mol. The number of furan rings is 1. The molecular formula is C21H21NO6. The topological polar surface area (TPSA) is 87.0 Å². The second kappa shape index (κ2) is 8.04. The Balaban J connectivity index is 2.24. The van der Waals surface area contributed by atoms with E-state index in [4.69, 9.17) is 18.6 Å². The Bertz CT molecular complexity index is 1040. The molecule has 7 nitrogen and oxygen atoms in total. The van der Waals surface area contributed by atoms with Gasteiger partial charge in [0.1, 0.15) is 22.6 Å². The number of fused-ring (bicyclic) bond motifs is 1. The number of benzene rings is 2. The van der Waals surface area contributed by atoms with Crippen molar-refractivity contribution < 1.29 is 28.2 Å². The van der Waals surface area contributed by atoms with Gasteiger partial charge in [-0.3, -0.25) is 4.79 Å². The highest BCUT2D eigenvalue weighted by molar-refractivity contribution is 6.10. The summed E-state index contributed by atoms with van der Waals surface area (Å²) in [6, 6.07) is 10.3. The van der Waals surface area contributed by atoms with E-state index < -0.39 is 5.97 Å². The van der Waals surface area contributed by atoms with Crippen molar-refractivity contribution in [3.05, 3.63) is 42.0 Å². The van der Waals surface area contributed by atoms with Crippen molar-refractivity contribution in [1.29, 1.82) is 0 Å². The van der Waals surface area contributed by atoms with Gasteiger partial charge in [0.05, 0.1) is 26.4 Å². The van der Waals surface area contributed by atoms with Crippen molar-refractivity contribution >= 4 is 28.5 Å². The Morgan fingerprint density at radius 2 is 1.86 bits per heavy atom. The van der Waals surface area contributed by atoms with Crippen molar-refractivity contribution in [3.8, 4) is 22.8 Å². The third-order valence-corrected chi connectivity index (χ3v) is 4.14. The zero-order valence-electron chi connectivity index (χ0n) is 16.1. The quantitative estimate of drug-likeness (QED) is 0.640. The monoisotopic (exact) mass is 383 g/mol. The van der Waals surface area contributed by atoms with E-state index in [9.17, 15) is 9.59 Å². The summed E-state index contributed by atoms with van der Waals surface area (Å²) < 4.78 is 21.9. The molecule has 0 radical (unpaired) electrons. The molecule has 3 rings (SSSR count). The highest BCUT2D eigenvalue weighted by Crippen LogP contribution is 2.40. The Morgan fingerprint density at radius 3 is 2.50 bits per heavy atom. The largest absolute Gasteiger partial charge is 0.497 e. The highest BCUT2D eigenvalue weighted by Gasteiger charge is 2.25. The fraction of sp³-hybridized carbons (Fsp3) is 0.238. The molecule has 0 aliphatic carbocycles. The van der Waals surface area contributed by atoms with Gasteiger partial charge in [0.2, 0.25) is 5.91 Å². The van der Waals surface area contributed by atoms with E-state index in [1.54, 1.807) is 50.4 Å². The third-order valence-electron chi connectivity index (χ3n) is 4.14. The number of carbonyl (C=O) groups excluding carboxylic acids is 2. The minimum absolute atomic E-state index is 0.200. The normalized spacial score (nSPS) is 10.6. The van der Waals surface area contributed by atoms with Gasteiger partial charge in [-0.25, -0.2) is 4.79 Å². The molecule has 7 heteroatoms. The highest BCUT2D eigenvalue weighted by atomic mass is 16.5. The van der Waals surface area contributed by atoms with E-state index in [0.717, 1.165) is 0 Å². The van der Waals surface area contributed by atoms with Crippen molar-refractivity contribution in [2.45, 2.75) is 13.8 Å². The predicted molar refractivity (Wildman–Crippen MR) is 105 cm³/mol. The van der Waals surface area contributed by atoms with Crippen LogP contribution in [0.3, 0.4) is 0 Å². The summed E-state index contributed by atoms with van der Waals surface area (Å²) in [4.78, 5) is 24.0. The van der Waals surface area contributed by atoms with Gasteiger partial charge in [-0.15, -0.1) is 0 Å². The van der Waals surface area contributed by atoms with Crippen molar-refractivity contribution in [2.24, 2.45) is 0 Å². The molecule has 0 aliphatic heterocycles. The number of esters is 1. The van der Waals surface area contributed by atoms with Crippen LogP contribution >= 0.6 is 0 Å². The van der Waals surface area contributed by atoms with Gasteiger partial charge in [-0.1, -0.05) is 0 Å². The smallest absolute Gasteiger partial charge is 0.342 e. The fourth-order valence-corrected chi connectivity index (χ4v) is 2.96. The summed E-state index contributed by atoms with van der Waals surface area (Å²) >= 11 is 0. The van der Waals surface area contributed by atoms with Crippen LogP contribution in [0.1, 0.15) is 24.2 Å². The zero-order valence-corrected chi connectivity index (χ0v) is 16.1. The second-order valence-corrected chi connectivity index (χ2v) is 5.98. The standard InChI is InChI=1S/C21H21NO6/c1-5-27-21(24)19-15-8-6-13(22-12(2)23)10-18(15)28-20(19)16-9-7-14(25-3)11-17(16)26-4/h6-11H,5H2,1-4H3,(H,22,23). The molecular weight excluding hydrogens is 362 g/mol. The van der Waals surface area contributed by atoms with E-state index >= 15 is 0 Å². The predicted octanol–water partition coefficient (Wildman–Crippen LogP) is 4.25. The Labute approximate surface area is 162 Å². The maximum absolute atomic E-state index is 12.7. The van der Waals surface area contributed by atoms with Gasteiger partial charge < -0.3 is 23.9 Å². The lowest BCUT2D eigenvalue weighted by Gasteiger charge is -2.10. The summed E-state index contributed by atoms with van der Waals surface area (Å²) in [5.41, 5.74) is 1.90. The lowest BCUT2D eigenvalue weighted by atomic mass is 10.0. The molecule has 2 aromatic carbocycles. The van der Waals surface area contributed by atoms with Crippen LogP contribution in [0, 0.1) is 0 Å². The molecule has 0 aliphatic rings. The van der Waals surface area contributed by atoms with Crippen LogP contribution in [0.2, 0.25) is 0 Å². The van der Waals surface area contributed by atoms with E-state index in [-0.39, 0.29) is 12.5 Å². The molecule has 1 heterocycles. The van der Waals surface area contributed by atoms with E-state index in [0.29, 0.717) is 45.0 Å². The molecule has 1 aromatic heterocycles. The maximum atomic E-state index is 12.7. The summed E-state index contributed by atoms with van der Waals surface area (Å²) in [5, 5.41) is 3.28. The van der Waals surface area contributed by atoms with Crippen molar-refractivity contribution in [2.75, 3.05) is 26.1 Å². The van der Waals surface area contributed by atoms with Crippen LogP contribution in [-0.2, 0) is 9.53 Å². The van der Waals surface area contributed by atoms with Crippen LogP contribution in [0.5, 0.6) is 11.5 Å². The Morgan fingerprint density at radius 1 is 1.07 bits per heavy atom. The number of amides is 1. The van der Waals surface area contributed by atoms with Crippen LogP contribution < -0.4 is 14.8 Å². The molecule has 0 fully saturated rings. The summed E-state index contributed by atoms with van der Waals surface area (Å²) in [7, 11) is 3.09. The first-order valence-corrected chi connectivity index (χ1v) is 8.72. The SMILES string of the molecule is CCOC(=O)c1c(-c2ccc(OC)cc2OC)oc2cc(NC(C)=O)ccc12. The number of nitrogens with one attached hydrogen (secondary N) is 1. The Kier molecular flexibility index (Phi) is 5.54. The molecule has 1 amide bonds. The lowest BCUT2D eigenvalue weighted by molar-refractivity contribution is -0.114. The number of anilines is 1. The fourth-order valence-electron chi connectivity index (χ4n) is 2.96. The van der Waals surface area contributed by atoms with Crippen LogP contribution in [-0.4, -0.2) is 32.7 Å². The molecule has 0 saturated heterocycles. The summed E-state index contributed by atoms with van der Waals surface area (Å²) in [6.45, 7) is 3.39. The zero-order chi connectivity index (χ0) is 20.3.